The lowest BCUT2D eigenvalue weighted by Crippen LogP contribution is -2.46. The van der Waals surface area contributed by atoms with Gasteiger partial charge in [-0.3, -0.25) is 19.7 Å². The minimum Gasteiger partial charge on any atom is -0.494 e. The minimum absolute atomic E-state index is 0.0316. The van der Waals surface area contributed by atoms with Crippen LogP contribution in [-0.4, -0.2) is 47.4 Å². The zero-order valence-electron chi connectivity index (χ0n) is 16.3. The molecule has 9 heteroatoms. The van der Waals surface area contributed by atoms with E-state index in [0.29, 0.717) is 47.9 Å². The Morgan fingerprint density at radius 2 is 1.93 bits per heavy atom. The van der Waals surface area contributed by atoms with Crippen molar-refractivity contribution in [3.05, 3.63) is 55.8 Å². The number of hydrogen-bond acceptors (Lipinski definition) is 6. The summed E-state index contributed by atoms with van der Waals surface area (Å²) in [4.78, 5) is 38.2. The van der Waals surface area contributed by atoms with Gasteiger partial charge in [0.05, 0.1) is 21.3 Å². The van der Waals surface area contributed by atoms with E-state index in [2.05, 4.69) is 5.32 Å². The van der Waals surface area contributed by atoms with Crippen molar-refractivity contribution in [1.29, 1.82) is 0 Å². The molecule has 0 saturated carbocycles. The van der Waals surface area contributed by atoms with Crippen LogP contribution in [0, 0.1) is 17.0 Å². The highest BCUT2D eigenvalue weighted by molar-refractivity contribution is 7.14. The number of likely N-dealkylation sites (tertiary alicyclic amines) is 1. The summed E-state index contributed by atoms with van der Waals surface area (Å²) in [6, 6.07) is 8.34. The monoisotopic (exact) mass is 417 g/mol. The summed E-state index contributed by atoms with van der Waals surface area (Å²) in [7, 11) is 0. The van der Waals surface area contributed by atoms with E-state index in [9.17, 15) is 19.7 Å². The second-order valence-electron chi connectivity index (χ2n) is 6.81. The average Bonchev–Trinajstić information content (AvgIpc) is 3.11. The van der Waals surface area contributed by atoms with E-state index < -0.39 is 4.92 Å². The maximum Gasteiger partial charge on any atom is 0.283 e. The van der Waals surface area contributed by atoms with Gasteiger partial charge in [0.15, 0.2) is 0 Å². The highest BCUT2D eigenvalue weighted by atomic mass is 32.1. The maximum absolute atomic E-state index is 12.7. The first-order valence-electron chi connectivity index (χ1n) is 9.47. The molecule has 3 rings (SSSR count). The quantitative estimate of drug-likeness (QED) is 0.573. The van der Waals surface area contributed by atoms with Gasteiger partial charge in [0.1, 0.15) is 5.75 Å². The molecule has 0 spiro atoms. The van der Waals surface area contributed by atoms with Gasteiger partial charge in [-0.2, -0.15) is 0 Å². The Balaban J connectivity index is 1.53. The maximum atomic E-state index is 12.7. The van der Waals surface area contributed by atoms with E-state index in [0.717, 1.165) is 17.1 Å². The number of carbonyl (C=O) groups excluding carboxylic acids is 2. The van der Waals surface area contributed by atoms with Crippen LogP contribution in [0.25, 0.3) is 0 Å². The number of carbonyl (C=O) groups is 2. The van der Waals surface area contributed by atoms with E-state index in [1.165, 1.54) is 6.07 Å². The molecule has 2 heterocycles. The number of thiophene rings is 1. The third kappa shape index (κ3) is 4.92. The summed E-state index contributed by atoms with van der Waals surface area (Å²) < 4.78 is 5.39. The topological polar surface area (TPSA) is 102 Å². The van der Waals surface area contributed by atoms with Crippen molar-refractivity contribution in [3.63, 3.8) is 0 Å². The summed E-state index contributed by atoms with van der Waals surface area (Å²) in [6.45, 7) is 5.19. The van der Waals surface area contributed by atoms with Crippen LogP contribution in [0.2, 0.25) is 0 Å². The first-order chi connectivity index (χ1) is 13.9. The van der Waals surface area contributed by atoms with Crippen LogP contribution in [0.5, 0.6) is 5.75 Å². The van der Waals surface area contributed by atoms with Crippen LogP contribution in [0.4, 0.5) is 5.69 Å². The number of amides is 2. The number of nitrogens with one attached hydrogen (secondary N) is 1. The van der Waals surface area contributed by atoms with Crippen molar-refractivity contribution in [2.75, 3.05) is 19.7 Å². The van der Waals surface area contributed by atoms with Crippen molar-refractivity contribution >= 4 is 28.8 Å². The van der Waals surface area contributed by atoms with E-state index in [4.69, 9.17) is 4.74 Å². The second-order valence-corrected chi connectivity index (χ2v) is 8.06. The van der Waals surface area contributed by atoms with Crippen LogP contribution >= 0.6 is 11.3 Å². The fourth-order valence-electron chi connectivity index (χ4n) is 3.29. The number of rotatable bonds is 6. The van der Waals surface area contributed by atoms with Crippen molar-refractivity contribution in [1.82, 2.24) is 10.2 Å². The zero-order chi connectivity index (χ0) is 21.0. The van der Waals surface area contributed by atoms with E-state index in [1.54, 1.807) is 36.1 Å². The summed E-state index contributed by atoms with van der Waals surface area (Å²) >= 11 is 1.12. The first kappa shape index (κ1) is 20.8. The van der Waals surface area contributed by atoms with Gasteiger partial charge < -0.3 is 15.0 Å². The lowest BCUT2D eigenvalue weighted by atomic mass is 10.0. The van der Waals surface area contributed by atoms with E-state index >= 15 is 0 Å². The molecule has 0 aliphatic carbocycles. The van der Waals surface area contributed by atoms with Gasteiger partial charge in [-0.05, 0) is 51.0 Å². The number of aryl methyl sites for hydroxylation is 1. The molecule has 1 aliphatic heterocycles. The molecule has 0 bridgehead atoms. The summed E-state index contributed by atoms with van der Waals surface area (Å²) in [5, 5.41) is 13.9. The number of piperidine rings is 1. The van der Waals surface area contributed by atoms with Crippen molar-refractivity contribution in [2.24, 2.45) is 0 Å². The van der Waals surface area contributed by atoms with Crippen molar-refractivity contribution in [3.8, 4) is 5.75 Å². The third-order valence-electron chi connectivity index (χ3n) is 4.84. The lowest BCUT2D eigenvalue weighted by molar-refractivity contribution is -0.385. The van der Waals surface area contributed by atoms with Gasteiger partial charge in [0, 0.05) is 30.8 Å². The second kappa shape index (κ2) is 9.04. The predicted molar refractivity (Wildman–Crippen MR) is 110 cm³/mol. The SMILES string of the molecule is CCOc1ccc(C(=O)N2CCC(NC(=O)c3cc([N+](=O)[O-])c(C)s3)CC2)cc1. The largest absolute Gasteiger partial charge is 0.494 e. The molecule has 2 aromatic rings. The van der Waals surface area contributed by atoms with E-state index in [1.807, 2.05) is 6.92 Å². The van der Waals surface area contributed by atoms with Gasteiger partial charge in [0.2, 0.25) is 0 Å². The van der Waals surface area contributed by atoms with Gasteiger partial charge >= 0.3 is 0 Å². The lowest BCUT2D eigenvalue weighted by Gasteiger charge is -2.32. The smallest absolute Gasteiger partial charge is 0.283 e. The summed E-state index contributed by atoms with van der Waals surface area (Å²) in [6.07, 6.45) is 1.28. The summed E-state index contributed by atoms with van der Waals surface area (Å²) in [5.41, 5.74) is 0.577. The molecule has 0 atom stereocenters. The molecule has 1 aromatic heterocycles. The molecule has 1 aliphatic rings. The van der Waals surface area contributed by atoms with Crippen LogP contribution in [0.15, 0.2) is 30.3 Å². The van der Waals surface area contributed by atoms with Gasteiger partial charge in [-0.15, -0.1) is 11.3 Å². The molecule has 2 amide bonds. The Morgan fingerprint density at radius 1 is 1.28 bits per heavy atom. The molecule has 1 saturated heterocycles. The molecule has 29 heavy (non-hydrogen) atoms. The fraction of sp³-hybridized carbons (Fsp3) is 0.400. The first-order valence-corrected chi connectivity index (χ1v) is 10.3. The van der Waals surface area contributed by atoms with Crippen molar-refractivity contribution < 1.29 is 19.2 Å². The molecule has 8 nitrogen and oxygen atoms in total. The molecular formula is C20H23N3O5S. The third-order valence-corrected chi connectivity index (χ3v) is 5.88. The fourth-order valence-corrected chi connectivity index (χ4v) is 4.18. The van der Waals surface area contributed by atoms with Crippen LogP contribution in [0.1, 0.15) is 44.7 Å². The summed E-state index contributed by atoms with van der Waals surface area (Å²) in [5.74, 6) is 0.388. The Labute approximate surface area is 172 Å². The predicted octanol–water partition coefficient (Wildman–Crippen LogP) is 3.40. The van der Waals surface area contributed by atoms with Gasteiger partial charge in [0.25, 0.3) is 17.5 Å². The van der Waals surface area contributed by atoms with E-state index in [-0.39, 0.29) is 23.5 Å². The number of hydrogen-bond donors (Lipinski definition) is 1. The molecular weight excluding hydrogens is 394 g/mol. The number of ether oxygens (including phenoxy) is 1. The average molecular weight is 417 g/mol. The molecule has 1 aromatic carbocycles. The highest BCUT2D eigenvalue weighted by Crippen LogP contribution is 2.28. The highest BCUT2D eigenvalue weighted by Gasteiger charge is 2.26. The van der Waals surface area contributed by atoms with Gasteiger partial charge in [-0.1, -0.05) is 0 Å². The molecule has 0 unspecified atom stereocenters. The minimum atomic E-state index is -0.479. The number of nitro groups is 1. The molecule has 154 valence electrons. The molecule has 1 N–H and O–H groups in total. The van der Waals surface area contributed by atoms with Crippen LogP contribution in [-0.2, 0) is 0 Å². The Hall–Kier alpha value is -2.94. The van der Waals surface area contributed by atoms with Crippen LogP contribution in [0.3, 0.4) is 0 Å². The number of nitrogens with zero attached hydrogens (tertiary/aromatic N) is 2. The van der Waals surface area contributed by atoms with Crippen molar-refractivity contribution in [2.45, 2.75) is 32.7 Å². The van der Waals surface area contributed by atoms with Gasteiger partial charge in [-0.25, -0.2) is 0 Å². The molecule has 1 fully saturated rings. The van der Waals surface area contributed by atoms with Crippen LogP contribution < -0.4 is 10.1 Å². The zero-order valence-corrected chi connectivity index (χ0v) is 17.2. The Kier molecular flexibility index (Phi) is 6.48. The normalized spacial score (nSPS) is 14.5. The Morgan fingerprint density at radius 3 is 2.48 bits per heavy atom. The standard InChI is InChI=1S/C20H23N3O5S/c1-3-28-16-6-4-14(5-7-16)20(25)22-10-8-15(9-11-22)21-19(24)18-12-17(23(26)27)13(2)29-18/h4-7,12,15H,3,8-11H2,1-2H3,(H,21,24). The number of benzene rings is 1. The Bertz CT molecular complexity index is 901. The molecule has 0 radical (unpaired) electrons.